The Labute approximate surface area is 292 Å². The van der Waals surface area contributed by atoms with Gasteiger partial charge in [0.1, 0.15) is 25.3 Å². The SMILES string of the molecule is CC(C)(C)C(CCNC(=O)[C@H](NC(=O)OCc1ccccc1)[C@@H](NC(=O)OCc1ccccc1)C(=O)NCCCC(=O)O)(C(=O)O)C(C)(C)C. The molecule has 0 aliphatic rings. The zero-order chi connectivity index (χ0) is 37.5. The van der Waals surface area contributed by atoms with E-state index in [9.17, 15) is 33.9 Å². The minimum atomic E-state index is -1.77. The highest BCUT2D eigenvalue weighted by Gasteiger charge is 2.56. The van der Waals surface area contributed by atoms with Gasteiger partial charge < -0.3 is 41.0 Å². The maximum atomic E-state index is 13.9. The molecule has 2 atom stereocenters. The molecule has 2 aromatic carbocycles. The van der Waals surface area contributed by atoms with E-state index in [0.717, 1.165) is 0 Å². The van der Waals surface area contributed by atoms with Gasteiger partial charge in [0.2, 0.25) is 11.8 Å². The molecule has 0 radical (unpaired) electrons. The average molecular weight is 699 g/mol. The van der Waals surface area contributed by atoms with E-state index >= 15 is 0 Å². The van der Waals surface area contributed by atoms with Crippen molar-refractivity contribution in [1.29, 1.82) is 0 Å². The number of carboxylic acid groups (broad SMARTS) is 2. The first-order valence-electron chi connectivity index (χ1n) is 16.3. The second-order valence-corrected chi connectivity index (χ2v) is 13.9. The van der Waals surface area contributed by atoms with Gasteiger partial charge in [0.25, 0.3) is 0 Å². The van der Waals surface area contributed by atoms with Gasteiger partial charge in [-0.1, -0.05) is 102 Å². The quantitative estimate of drug-likeness (QED) is 0.130. The molecule has 0 unspecified atom stereocenters. The third kappa shape index (κ3) is 12.1. The van der Waals surface area contributed by atoms with Gasteiger partial charge in [0.05, 0.1) is 5.41 Å². The van der Waals surface area contributed by atoms with Crippen LogP contribution in [-0.2, 0) is 41.9 Å². The minimum Gasteiger partial charge on any atom is -0.481 e. The second-order valence-electron chi connectivity index (χ2n) is 13.9. The van der Waals surface area contributed by atoms with E-state index in [0.29, 0.717) is 11.1 Å². The highest BCUT2D eigenvalue weighted by Crippen LogP contribution is 2.54. The van der Waals surface area contributed by atoms with Gasteiger partial charge in [-0.05, 0) is 34.8 Å². The van der Waals surface area contributed by atoms with E-state index < -0.39 is 64.3 Å². The normalized spacial score (nSPS) is 12.8. The van der Waals surface area contributed by atoms with Crippen LogP contribution in [0, 0.1) is 16.2 Å². The number of nitrogens with one attached hydrogen (secondary N) is 4. The molecule has 274 valence electrons. The summed E-state index contributed by atoms with van der Waals surface area (Å²) in [5, 5.41) is 29.3. The summed E-state index contributed by atoms with van der Waals surface area (Å²) in [7, 11) is 0. The zero-order valence-corrected chi connectivity index (χ0v) is 29.5. The molecular formula is C36H50N4O10. The van der Waals surface area contributed by atoms with Crippen LogP contribution in [0.25, 0.3) is 0 Å². The molecule has 0 aromatic heterocycles. The molecule has 2 rings (SSSR count). The van der Waals surface area contributed by atoms with Gasteiger partial charge in [0.15, 0.2) is 0 Å². The lowest BCUT2D eigenvalue weighted by atomic mass is 9.52. The number of rotatable bonds is 17. The van der Waals surface area contributed by atoms with Crippen LogP contribution in [0.15, 0.2) is 60.7 Å². The highest BCUT2D eigenvalue weighted by molar-refractivity contribution is 5.96. The maximum absolute atomic E-state index is 13.9. The Kier molecular flexibility index (Phi) is 15.2. The molecule has 14 nitrogen and oxygen atoms in total. The number of hydrogen-bond donors (Lipinski definition) is 6. The standard InChI is InChI=1S/C36H50N4O10/c1-34(2,3)36(31(45)46,35(4,5)6)19-21-38-30(44)28(40-33(48)50-23-25-16-11-8-12-17-25)27(29(43)37-20-13-18-26(41)42)39-32(47)49-22-24-14-9-7-10-15-24/h7-12,14-17,27-28H,13,18-23H2,1-6H3,(H,37,43)(H,38,44)(H,39,47)(H,40,48)(H,41,42)(H,45,46)/t27-,28-/m1/s1. The van der Waals surface area contributed by atoms with Crippen LogP contribution >= 0.6 is 0 Å². The number of aliphatic carboxylic acids is 2. The van der Waals surface area contributed by atoms with Crippen LogP contribution in [0.5, 0.6) is 0 Å². The third-order valence-electron chi connectivity index (χ3n) is 8.46. The Morgan fingerprint density at radius 3 is 1.40 bits per heavy atom. The predicted octanol–water partition coefficient (Wildman–Crippen LogP) is 4.23. The first-order chi connectivity index (χ1) is 23.4. The van der Waals surface area contributed by atoms with Crippen molar-refractivity contribution < 1.29 is 48.5 Å². The van der Waals surface area contributed by atoms with Gasteiger partial charge in [-0.2, -0.15) is 0 Å². The zero-order valence-electron chi connectivity index (χ0n) is 29.5. The number of benzene rings is 2. The number of amides is 4. The summed E-state index contributed by atoms with van der Waals surface area (Å²) in [6.45, 7) is 10.2. The van der Waals surface area contributed by atoms with Crippen LogP contribution in [0.3, 0.4) is 0 Å². The van der Waals surface area contributed by atoms with Crippen molar-refractivity contribution in [2.24, 2.45) is 16.2 Å². The number of alkyl carbamates (subject to hydrolysis) is 2. The molecule has 0 aliphatic heterocycles. The van der Waals surface area contributed by atoms with Crippen LogP contribution in [0.1, 0.15) is 71.9 Å². The Morgan fingerprint density at radius 2 is 1.04 bits per heavy atom. The molecule has 6 N–H and O–H groups in total. The van der Waals surface area contributed by atoms with E-state index in [2.05, 4.69) is 21.3 Å². The van der Waals surface area contributed by atoms with Gasteiger partial charge >= 0.3 is 24.1 Å². The summed E-state index contributed by atoms with van der Waals surface area (Å²) < 4.78 is 10.6. The Bertz CT molecular complexity index is 1440. The van der Waals surface area contributed by atoms with E-state index in [1.807, 2.05) is 0 Å². The van der Waals surface area contributed by atoms with Gasteiger partial charge in [-0.3, -0.25) is 19.2 Å². The summed E-state index contributed by atoms with van der Waals surface area (Å²) in [6, 6.07) is 13.9. The van der Waals surface area contributed by atoms with E-state index in [1.165, 1.54) is 0 Å². The molecule has 0 heterocycles. The second kappa shape index (κ2) is 18.6. The molecular weight excluding hydrogens is 648 g/mol. The van der Waals surface area contributed by atoms with E-state index in [-0.39, 0.29) is 45.6 Å². The average Bonchev–Trinajstić information content (AvgIpc) is 3.04. The van der Waals surface area contributed by atoms with Crippen molar-refractivity contribution in [1.82, 2.24) is 21.3 Å². The van der Waals surface area contributed by atoms with Crippen LogP contribution in [-0.4, -0.2) is 71.3 Å². The van der Waals surface area contributed by atoms with Crippen LogP contribution < -0.4 is 21.3 Å². The highest BCUT2D eigenvalue weighted by atomic mass is 16.6. The van der Waals surface area contributed by atoms with Crippen molar-refractivity contribution in [2.45, 2.75) is 86.1 Å². The van der Waals surface area contributed by atoms with Gasteiger partial charge in [-0.15, -0.1) is 0 Å². The van der Waals surface area contributed by atoms with E-state index in [1.54, 1.807) is 102 Å². The summed E-state index contributed by atoms with van der Waals surface area (Å²) in [4.78, 5) is 77.2. The van der Waals surface area contributed by atoms with Crippen LogP contribution in [0.4, 0.5) is 9.59 Å². The van der Waals surface area contributed by atoms with Crippen molar-refractivity contribution in [2.75, 3.05) is 13.1 Å². The third-order valence-corrected chi connectivity index (χ3v) is 8.46. The molecule has 0 bridgehead atoms. The van der Waals surface area contributed by atoms with Gasteiger partial charge in [-0.25, -0.2) is 9.59 Å². The van der Waals surface area contributed by atoms with Crippen molar-refractivity contribution >= 4 is 35.9 Å². The molecule has 50 heavy (non-hydrogen) atoms. The monoisotopic (exact) mass is 698 g/mol. The lowest BCUT2D eigenvalue weighted by Gasteiger charge is -2.50. The summed E-state index contributed by atoms with van der Waals surface area (Å²) in [5.74, 6) is -3.97. The Hall–Kier alpha value is -5.14. The molecule has 14 heteroatoms. The van der Waals surface area contributed by atoms with Crippen molar-refractivity contribution in [3.63, 3.8) is 0 Å². The Morgan fingerprint density at radius 1 is 0.640 bits per heavy atom. The van der Waals surface area contributed by atoms with Crippen LogP contribution in [0.2, 0.25) is 0 Å². The fourth-order valence-corrected chi connectivity index (χ4v) is 6.05. The Balaban J connectivity index is 2.39. The topological polar surface area (TPSA) is 209 Å². The number of carbonyl (C=O) groups excluding carboxylic acids is 4. The molecule has 4 amide bonds. The minimum absolute atomic E-state index is 0.00908. The number of hydrogen-bond acceptors (Lipinski definition) is 8. The molecule has 0 spiro atoms. The molecule has 0 aliphatic carbocycles. The fourth-order valence-electron chi connectivity index (χ4n) is 6.05. The summed E-state index contributed by atoms with van der Waals surface area (Å²) in [5.41, 5.74) is -1.51. The fraction of sp³-hybridized carbons (Fsp3) is 0.500. The first-order valence-corrected chi connectivity index (χ1v) is 16.3. The molecule has 0 saturated carbocycles. The molecule has 0 saturated heterocycles. The molecule has 0 fully saturated rings. The summed E-state index contributed by atoms with van der Waals surface area (Å²) >= 11 is 0. The maximum Gasteiger partial charge on any atom is 0.408 e. The number of carbonyl (C=O) groups is 6. The van der Waals surface area contributed by atoms with Crippen molar-refractivity contribution in [3.8, 4) is 0 Å². The lowest BCUT2D eigenvalue weighted by molar-refractivity contribution is -0.169. The predicted molar refractivity (Wildman–Crippen MR) is 184 cm³/mol. The first kappa shape index (κ1) is 41.0. The van der Waals surface area contributed by atoms with Crippen molar-refractivity contribution in [3.05, 3.63) is 71.8 Å². The largest absolute Gasteiger partial charge is 0.481 e. The molecule has 2 aromatic rings. The number of ether oxygens (including phenoxy) is 2. The smallest absolute Gasteiger partial charge is 0.408 e. The van der Waals surface area contributed by atoms with Gasteiger partial charge in [0, 0.05) is 19.5 Å². The van der Waals surface area contributed by atoms with E-state index in [4.69, 9.17) is 14.6 Å². The summed E-state index contributed by atoms with van der Waals surface area (Å²) in [6.07, 6.45) is -2.38. The number of carboxylic acids is 2. The lowest BCUT2D eigenvalue weighted by Crippen LogP contribution is -2.64.